The van der Waals surface area contributed by atoms with E-state index in [4.69, 9.17) is 31.8 Å². The lowest BCUT2D eigenvalue weighted by atomic mass is 10.1. The molecule has 1 unspecified atom stereocenters. The highest BCUT2D eigenvalue weighted by Gasteiger charge is 2.29. The van der Waals surface area contributed by atoms with Gasteiger partial charge in [0.15, 0.2) is 23.6 Å². The lowest BCUT2D eigenvalue weighted by Crippen LogP contribution is -2.30. The zero-order chi connectivity index (χ0) is 42.2. The van der Waals surface area contributed by atoms with Crippen molar-refractivity contribution in [2.45, 2.75) is 25.4 Å². The number of aryl methyl sites for hydroxylation is 2. The number of sulfonamides is 1. The van der Waals surface area contributed by atoms with Gasteiger partial charge in [0.25, 0.3) is 12.0 Å². The van der Waals surface area contributed by atoms with E-state index in [0.717, 1.165) is 34.5 Å². The summed E-state index contributed by atoms with van der Waals surface area (Å²) in [4.78, 5) is 39.8. The van der Waals surface area contributed by atoms with Crippen LogP contribution in [0.25, 0.3) is 38.9 Å². The SMILES string of the molecule is COc1ccc(CCS(=O)(=O)Nc2nn(C)c3c(-n4c(C(Cc5cc(F)cc(F)c5)OC(N)=O)nc5cc(-c6nccc(C(F)F)n6)ccc5c4=O)ccc(Cl)c23)cc1. The highest BCUT2D eigenvalue weighted by Crippen LogP contribution is 2.36. The molecule has 0 spiro atoms. The van der Waals surface area contributed by atoms with E-state index in [1.54, 1.807) is 24.3 Å². The van der Waals surface area contributed by atoms with Gasteiger partial charge in [-0.3, -0.25) is 18.8 Å². The number of rotatable bonds is 13. The Kier molecular flexibility index (Phi) is 11.2. The second-order valence-corrected chi connectivity index (χ2v) is 15.4. The number of halogens is 5. The zero-order valence-corrected chi connectivity index (χ0v) is 32.4. The number of fused-ring (bicyclic) bond motifs is 2. The van der Waals surface area contributed by atoms with E-state index in [2.05, 4.69) is 19.8 Å². The Morgan fingerprint density at radius 3 is 2.37 bits per heavy atom. The Bertz CT molecular complexity index is 2910. The van der Waals surface area contributed by atoms with Crippen LogP contribution in [-0.2, 0) is 34.6 Å². The fourth-order valence-electron chi connectivity index (χ4n) is 6.55. The number of hydrogen-bond donors (Lipinski definition) is 2. The first-order valence-electron chi connectivity index (χ1n) is 17.5. The van der Waals surface area contributed by atoms with Crippen molar-refractivity contribution in [1.82, 2.24) is 29.3 Å². The van der Waals surface area contributed by atoms with Crippen LogP contribution in [0.3, 0.4) is 0 Å². The molecule has 4 aromatic carbocycles. The number of nitrogens with one attached hydrogen (secondary N) is 1. The number of methoxy groups -OCH3 is 1. The molecule has 1 amide bonds. The third-order valence-corrected chi connectivity index (χ3v) is 10.7. The third-order valence-electron chi connectivity index (χ3n) is 9.17. The molecule has 0 bridgehead atoms. The van der Waals surface area contributed by atoms with Gasteiger partial charge in [-0.25, -0.2) is 45.7 Å². The number of carbonyl (C=O) groups is 1. The first kappa shape index (κ1) is 40.6. The Morgan fingerprint density at radius 1 is 0.966 bits per heavy atom. The molecule has 0 aliphatic carbocycles. The molecule has 0 saturated carbocycles. The predicted octanol–water partition coefficient (Wildman–Crippen LogP) is 6.97. The monoisotopic (exact) mass is 850 g/mol. The first-order valence-corrected chi connectivity index (χ1v) is 19.5. The second-order valence-electron chi connectivity index (χ2n) is 13.1. The van der Waals surface area contributed by atoms with Crippen molar-refractivity contribution >= 4 is 55.3 Å². The minimum absolute atomic E-state index is 0.00581. The average molecular weight is 851 g/mol. The lowest BCUT2D eigenvalue weighted by molar-refractivity contribution is 0.1000. The molecule has 7 rings (SSSR count). The summed E-state index contributed by atoms with van der Waals surface area (Å²) in [5.74, 6) is -2.18. The highest BCUT2D eigenvalue weighted by molar-refractivity contribution is 7.92. The molecular formula is C39H31ClF4N8O6S. The molecule has 304 valence electrons. The number of ether oxygens (including phenoxy) is 2. The number of anilines is 1. The fourth-order valence-corrected chi connectivity index (χ4v) is 7.83. The molecule has 3 N–H and O–H groups in total. The molecule has 14 nitrogen and oxygen atoms in total. The van der Waals surface area contributed by atoms with E-state index in [-0.39, 0.29) is 73.3 Å². The summed E-state index contributed by atoms with van der Waals surface area (Å²) in [6, 6.07) is 17.5. The van der Waals surface area contributed by atoms with Crippen molar-refractivity contribution in [3.05, 3.63) is 135 Å². The number of hydrogen-bond acceptors (Lipinski definition) is 10. The van der Waals surface area contributed by atoms with Crippen molar-refractivity contribution in [3.8, 4) is 22.8 Å². The summed E-state index contributed by atoms with van der Waals surface area (Å²) in [6.45, 7) is 0. The van der Waals surface area contributed by atoms with Crippen LogP contribution in [0, 0.1) is 11.6 Å². The summed E-state index contributed by atoms with van der Waals surface area (Å²) in [6.07, 6.45) is -4.97. The number of amides is 1. The molecule has 7 aromatic rings. The maximum atomic E-state index is 14.7. The van der Waals surface area contributed by atoms with Gasteiger partial charge in [-0.15, -0.1) is 0 Å². The van der Waals surface area contributed by atoms with Crippen LogP contribution in [0.5, 0.6) is 5.75 Å². The van der Waals surface area contributed by atoms with Crippen molar-refractivity contribution in [2.24, 2.45) is 12.8 Å². The zero-order valence-electron chi connectivity index (χ0n) is 30.9. The van der Waals surface area contributed by atoms with Gasteiger partial charge in [0.2, 0.25) is 10.0 Å². The van der Waals surface area contributed by atoms with E-state index >= 15 is 0 Å². The standard InChI is InChI=1S/C39H31ClF4N8O6S/c1-51-33-30(10-9-27(40)32(33)36(49-51)50-59(55,56)14-12-20-3-6-25(57-2)7-4-20)52-37(31(58-39(45)54)17-21-15-23(41)19-24(42)16-21)48-29-18-22(5-8-26(29)38(52)53)35-46-13-11-28(47-35)34(43)44/h3-11,13,15-16,18-19,31,34H,12,14,17H2,1-2H3,(H2,45,54)(H,49,50). The van der Waals surface area contributed by atoms with Crippen LogP contribution >= 0.6 is 11.6 Å². The molecule has 0 radical (unpaired) electrons. The van der Waals surface area contributed by atoms with Crippen LogP contribution in [-0.4, -0.2) is 56.7 Å². The molecule has 3 heterocycles. The molecule has 20 heteroatoms. The van der Waals surface area contributed by atoms with Gasteiger partial charge in [0.1, 0.15) is 23.1 Å². The summed E-state index contributed by atoms with van der Waals surface area (Å²) in [5.41, 5.74) is 5.21. The van der Waals surface area contributed by atoms with E-state index in [9.17, 15) is 35.6 Å². The van der Waals surface area contributed by atoms with Gasteiger partial charge < -0.3 is 15.2 Å². The smallest absolute Gasteiger partial charge is 0.405 e. The highest BCUT2D eigenvalue weighted by atomic mass is 35.5. The molecule has 0 aliphatic rings. The summed E-state index contributed by atoms with van der Waals surface area (Å²) >= 11 is 6.70. The van der Waals surface area contributed by atoms with Crippen molar-refractivity contribution < 1.29 is 40.2 Å². The van der Waals surface area contributed by atoms with Crippen LogP contribution in [0.2, 0.25) is 5.02 Å². The lowest BCUT2D eigenvalue weighted by Gasteiger charge is -2.22. The van der Waals surface area contributed by atoms with Gasteiger partial charge in [0, 0.05) is 31.3 Å². The topological polar surface area (TPSA) is 186 Å². The van der Waals surface area contributed by atoms with Crippen LogP contribution in [0.4, 0.5) is 28.2 Å². The number of nitrogens with two attached hydrogens (primary N) is 1. The number of benzene rings is 4. The summed E-state index contributed by atoms with van der Waals surface area (Å²) in [7, 11) is -1.06. The minimum Gasteiger partial charge on any atom is -0.497 e. The normalized spacial score (nSPS) is 12.3. The molecule has 3 aromatic heterocycles. The van der Waals surface area contributed by atoms with Crippen LogP contribution in [0.1, 0.15) is 35.2 Å². The number of primary amides is 1. The third kappa shape index (κ3) is 8.65. The Hall–Kier alpha value is -6.60. The summed E-state index contributed by atoms with van der Waals surface area (Å²) in [5, 5.41) is 4.51. The van der Waals surface area contributed by atoms with E-state index < -0.39 is 58.0 Å². The van der Waals surface area contributed by atoms with Crippen molar-refractivity contribution in [1.29, 1.82) is 0 Å². The molecular weight excluding hydrogens is 820 g/mol. The van der Waals surface area contributed by atoms with Gasteiger partial charge >= 0.3 is 6.09 Å². The predicted molar refractivity (Wildman–Crippen MR) is 210 cm³/mol. The number of aromatic nitrogens is 6. The molecule has 59 heavy (non-hydrogen) atoms. The Balaban J connectivity index is 1.40. The fraction of sp³-hybridized carbons (Fsp3) is 0.179. The minimum atomic E-state index is -4.05. The molecule has 1 atom stereocenters. The number of nitrogens with zero attached hydrogens (tertiary/aromatic N) is 6. The largest absolute Gasteiger partial charge is 0.497 e. The molecule has 0 saturated heterocycles. The molecule has 0 aliphatic heterocycles. The second kappa shape index (κ2) is 16.3. The number of carbonyl (C=O) groups excluding carboxylic acids is 1. The van der Waals surface area contributed by atoms with Gasteiger partial charge in [0.05, 0.1) is 45.4 Å². The van der Waals surface area contributed by atoms with E-state index in [0.29, 0.717) is 11.8 Å². The van der Waals surface area contributed by atoms with E-state index in [1.807, 2.05) is 0 Å². The Morgan fingerprint density at radius 2 is 1.69 bits per heavy atom. The quantitative estimate of drug-likeness (QED) is 0.115. The van der Waals surface area contributed by atoms with Crippen LogP contribution in [0.15, 0.2) is 89.9 Å². The van der Waals surface area contributed by atoms with E-state index in [1.165, 1.54) is 49.2 Å². The van der Waals surface area contributed by atoms with Gasteiger partial charge in [-0.2, -0.15) is 5.10 Å². The maximum absolute atomic E-state index is 14.7. The first-order chi connectivity index (χ1) is 28.1. The average Bonchev–Trinajstić information content (AvgIpc) is 3.51. The van der Waals surface area contributed by atoms with Gasteiger partial charge in [-0.05, 0) is 72.1 Å². The maximum Gasteiger partial charge on any atom is 0.405 e. The summed E-state index contributed by atoms with van der Waals surface area (Å²) < 4.78 is 98.1. The number of alkyl halides is 2. The van der Waals surface area contributed by atoms with Crippen LogP contribution < -0.4 is 20.8 Å². The van der Waals surface area contributed by atoms with Crippen molar-refractivity contribution in [3.63, 3.8) is 0 Å². The van der Waals surface area contributed by atoms with Crippen molar-refractivity contribution in [2.75, 3.05) is 17.6 Å². The molecule has 0 fully saturated rings. The Labute approximate surface area is 337 Å². The van der Waals surface area contributed by atoms with Gasteiger partial charge in [-0.1, -0.05) is 29.8 Å².